The monoisotopic (exact) mass is 218 g/mol. The Balaban J connectivity index is 2.59. The molecule has 1 fully saturated rings. The molecule has 1 unspecified atom stereocenters. The quantitative estimate of drug-likeness (QED) is 0.652. The highest BCUT2D eigenvalue weighted by molar-refractivity contribution is 9.09. The van der Waals surface area contributed by atoms with E-state index >= 15 is 0 Å². The van der Waals surface area contributed by atoms with E-state index in [0.29, 0.717) is 11.2 Å². The summed E-state index contributed by atoms with van der Waals surface area (Å²) in [5.41, 5.74) is 0.301. The molecule has 1 nitrogen and oxygen atoms in total. The fraction of sp³-hybridized carbons (Fsp3) is 0.889. The summed E-state index contributed by atoms with van der Waals surface area (Å²) in [6, 6.07) is 0. The highest BCUT2D eigenvalue weighted by atomic mass is 79.9. The molecule has 0 radical (unpaired) electrons. The van der Waals surface area contributed by atoms with E-state index in [2.05, 4.69) is 22.9 Å². The molecule has 0 N–H and O–H groups in total. The molecular formula is C9H15BrO. The number of halogens is 1. The second kappa shape index (κ2) is 3.70. The molecule has 0 aromatic rings. The smallest absolute Gasteiger partial charge is 0.133 e. The van der Waals surface area contributed by atoms with Crippen LogP contribution in [0.1, 0.15) is 39.0 Å². The van der Waals surface area contributed by atoms with E-state index in [1.165, 1.54) is 6.42 Å². The molecule has 1 aliphatic rings. The van der Waals surface area contributed by atoms with E-state index in [0.717, 1.165) is 31.0 Å². The first-order chi connectivity index (χ1) is 5.22. The van der Waals surface area contributed by atoms with Crippen LogP contribution in [0.15, 0.2) is 0 Å². The maximum atomic E-state index is 11.2. The summed E-state index contributed by atoms with van der Waals surface area (Å²) < 4.78 is 0. The van der Waals surface area contributed by atoms with Crippen LogP contribution in [0.2, 0.25) is 0 Å². The molecule has 64 valence electrons. The molecule has 0 heterocycles. The van der Waals surface area contributed by atoms with Crippen LogP contribution in [0.25, 0.3) is 0 Å². The molecule has 11 heavy (non-hydrogen) atoms. The van der Waals surface area contributed by atoms with Gasteiger partial charge in [0.15, 0.2) is 0 Å². The highest BCUT2D eigenvalue weighted by Gasteiger charge is 2.32. The fourth-order valence-electron chi connectivity index (χ4n) is 1.77. The average molecular weight is 219 g/mol. The second-order valence-electron chi connectivity index (χ2n) is 3.56. The van der Waals surface area contributed by atoms with Gasteiger partial charge in [-0.05, 0) is 24.7 Å². The number of carbonyl (C=O) groups is 1. The lowest BCUT2D eigenvalue weighted by atomic mass is 9.73. The number of carbonyl (C=O) groups excluding carboxylic acids is 1. The minimum atomic E-state index is 0.301. The van der Waals surface area contributed by atoms with Crippen LogP contribution in [0, 0.1) is 5.41 Å². The van der Waals surface area contributed by atoms with Crippen molar-refractivity contribution in [2.75, 3.05) is 5.33 Å². The molecule has 0 saturated heterocycles. The Morgan fingerprint density at radius 2 is 2.36 bits per heavy atom. The van der Waals surface area contributed by atoms with Gasteiger partial charge in [-0.15, -0.1) is 0 Å². The van der Waals surface area contributed by atoms with Crippen molar-refractivity contribution in [3.05, 3.63) is 0 Å². The van der Waals surface area contributed by atoms with Crippen molar-refractivity contribution in [3.63, 3.8) is 0 Å². The van der Waals surface area contributed by atoms with Crippen molar-refractivity contribution < 1.29 is 4.79 Å². The van der Waals surface area contributed by atoms with Gasteiger partial charge >= 0.3 is 0 Å². The molecule has 1 aliphatic carbocycles. The fourth-order valence-corrected chi connectivity index (χ4v) is 2.64. The minimum absolute atomic E-state index is 0.301. The van der Waals surface area contributed by atoms with Gasteiger partial charge in [0.2, 0.25) is 0 Å². The Labute approximate surface area is 76.7 Å². The van der Waals surface area contributed by atoms with Gasteiger partial charge in [-0.3, -0.25) is 4.79 Å². The Kier molecular flexibility index (Phi) is 3.11. The van der Waals surface area contributed by atoms with Crippen LogP contribution in [0.3, 0.4) is 0 Å². The summed E-state index contributed by atoms with van der Waals surface area (Å²) in [6.45, 7) is 2.18. The van der Waals surface area contributed by atoms with Gasteiger partial charge < -0.3 is 0 Å². The number of rotatable bonds is 2. The molecule has 0 amide bonds. The number of alkyl halides is 1. The Bertz CT molecular complexity index is 150. The average Bonchev–Trinajstić information content (AvgIpc) is 2.04. The number of hydrogen-bond donors (Lipinski definition) is 0. The van der Waals surface area contributed by atoms with Crippen LogP contribution in [-0.4, -0.2) is 11.1 Å². The predicted octanol–water partition coefficient (Wildman–Crippen LogP) is 2.92. The van der Waals surface area contributed by atoms with Gasteiger partial charge in [0.25, 0.3) is 0 Å². The zero-order valence-electron chi connectivity index (χ0n) is 7.03. The highest BCUT2D eigenvalue weighted by Crippen LogP contribution is 2.38. The molecule has 0 aliphatic heterocycles. The maximum absolute atomic E-state index is 11.2. The SMILES string of the molecule is CCC1(CBr)CCCC(=O)C1. The van der Waals surface area contributed by atoms with Crippen molar-refractivity contribution >= 4 is 21.7 Å². The van der Waals surface area contributed by atoms with Gasteiger partial charge in [-0.1, -0.05) is 22.9 Å². The molecule has 1 atom stereocenters. The summed E-state index contributed by atoms with van der Waals surface area (Å²) in [4.78, 5) is 11.2. The van der Waals surface area contributed by atoms with Crippen molar-refractivity contribution in [1.29, 1.82) is 0 Å². The lowest BCUT2D eigenvalue weighted by Crippen LogP contribution is -2.29. The first-order valence-corrected chi connectivity index (χ1v) is 5.42. The normalized spacial score (nSPS) is 32.4. The van der Waals surface area contributed by atoms with Gasteiger partial charge in [0.1, 0.15) is 5.78 Å². The number of ketones is 1. The standard InChI is InChI=1S/C9H15BrO/c1-2-9(7-10)5-3-4-8(11)6-9/h2-7H2,1H3. The summed E-state index contributed by atoms with van der Waals surface area (Å²) in [5, 5.41) is 0.988. The lowest BCUT2D eigenvalue weighted by Gasteiger charge is -2.33. The zero-order chi connectivity index (χ0) is 8.32. The molecule has 0 bridgehead atoms. The van der Waals surface area contributed by atoms with Crippen LogP contribution in [-0.2, 0) is 4.79 Å². The van der Waals surface area contributed by atoms with Crippen molar-refractivity contribution in [3.8, 4) is 0 Å². The maximum Gasteiger partial charge on any atom is 0.133 e. The summed E-state index contributed by atoms with van der Waals surface area (Å²) >= 11 is 3.50. The minimum Gasteiger partial charge on any atom is -0.300 e. The van der Waals surface area contributed by atoms with Gasteiger partial charge in [0.05, 0.1) is 0 Å². The second-order valence-corrected chi connectivity index (χ2v) is 4.12. The van der Waals surface area contributed by atoms with E-state index in [-0.39, 0.29) is 0 Å². The lowest BCUT2D eigenvalue weighted by molar-refractivity contribution is -0.123. The van der Waals surface area contributed by atoms with E-state index < -0.39 is 0 Å². The van der Waals surface area contributed by atoms with Crippen LogP contribution >= 0.6 is 15.9 Å². The van der Waals surface area contributed by atoms with Crippen molar-refractivity contribution in [2.45, 2.75) is 39.0 Å². The van der Waals surface area contributed by atoms with Crippen LogP contribution in [0.5, 0.6) is 0 Å². The predicted molar refractivity (Wildman–Crippen MR) is 50.0 cm³/mol. The molecule has 0 aromatic heterocycles. The third-order valence-electron chi connectivity index (χ3n) is 2.77. The largest absolute Gasteiger partial charge is 0.300 e. The Morgan fingerprint density at radius 3 is 2.73 bits per heavy atom. The van der Waals surface area contributed by atoms with E-state index in [1.807, 2.05) is 0 Å². The molecule has 1 rings (SSSR count). The van der Waals surface area contributed by atoms with Crippen molar-refractivity contribution in [1.82, 2.24) is 0 Å². The molecular weight excluding hydrogens is 204 g/mol. The molecule has 1 saturated carbocycles. The number of Topliss-reactive ketones (excluding diaryl/α,β-unsaturated/α-hetero) is 1. The zero-order valence-corrected chi connectivity index (χ0v) is 8.61. The molecule has 2 heteroatoms. The van der Waals surface area contributed by atoms with Crippen LogP contribution in [0.4, 0.5) is 0 Å². The van der Waals surface area contributed by atoms with Crippen molar-refractivity contribution in [2.24, 2.45) is 5.41 Å². The number of hydrogen-bond acceptors (Lipinski definition) is 1. The molecule has 0 aromatic carbocycles. The summed E-state index contributed by atoms with van der Waals surface area (Å²) in [7, 11) is 0. The summed E-state index contributed by atoms with van der Waals surface area (Å²) in [6.07, 6.45) is 5.06. The first-order valence-electron chi connectivity index (χ1n) is 4.30. The van der Waals surface area contributed by atoms with E-state index in [1.54, 1.807) is 0 Å². The first kappa shape index (κ1) is 9.24. The van der Waals surface area contributed by atoms with E-state index in [9.17, 15) is 4.79 Å². The Morgan fingerprint density at radius 1 is 1.64 bits per heavy atom. The summed E-state index contributed by atoms with van der Waals surface area (Å²) in [5.74, 6) is 0.456. The van der Waals surface area contributed by atoms with Gasteiger partial charge in [-0.25, -0.2) is 0 Å². The topological polar surface area (TPSA) is 17.1 Å². The third kappa shape index (κ3) is 2.05. The van der Waals surface area contributed by atoms with Crippen LogP contribution < -0.4 is 0 Å². The van der Waals surface area contributed by atoms with Gasteiger partial charge in [0, 0.05) is 18.2 Å². The van der Waals surface area contributed by atoms with E-state index in [4.69, 9.17) is 0 Å². The Hall–Kier alpha value is 0.150. The van der Waals surface area contributed by atoms with Gasteiger partial charge in [-0.2, -0.15) is 0 Å². The molecule has 0 spiro atoms. The third-order valence-corrected chi connectivity index (χ3v) is 3.96.